The number of amides is 2. The highest BCUT2D eigenvalue weighted by Gasteiger charge is 2.56. The van der Waals surface area contributed by atoms with Crippen molar-refractivity contribution in [3.05, 3.63) is 85.1 Å². The van der Waals surface area contributed by atoms with Crippen LogP contribution in [0, 0.1) is 0 Å². The van der Waals surface area contributed by atoms with Gasteiger partial charge in [0.25, 0.3) is 5.91 Å². The van der Waals surface area contributed by atoms with Gasteiger partial charge in [-0.05, 0) is 41.8 Å². The Morgan fingerprint density at radius 1 is 0.977 bits per heavy atom. The van der Waals surface area contributed by atoms with Crippen molar-refractivity contribution in [1.29, 1.82) is 0 Å². The Morgan fingerprint density at radius 3 is 2.37 bits per heavy atom. The molecule has 2 amide bonds. The molecule has 1 aromatic heterocycles. The molecule has 2 aliphatic rings. The Labute approximate surface area is 266 Å². The number of carboxylic acid groups (broad SMARTS) is 1. The van der Waals surface area contributed by atoms with Crippen LogP contribution in [0.25, 0.3) is 0 Å². The van der Waals surface area contributed by atoms with Crippen LogP contribution in [0.5, 0.6) is 17.2 Å². The largest absolute Gasteiger partial charge is 0.514 e. The van der Waals surface area contributed by atoms with Crippen molar-refractivity contribution in [2.24, 2.45) is 0 Å². The molecule has 16 heteroatoms. The number of benzene rings is 2. The standard InChI is InChI=1S/C27H17Cl3N2O9S2/c28-12-3-5-17(16(30)8-12)40-18-6-4-13(29)9-19(18)41-27(38)39-11-15-22(25(35)36)32-23(34)21(24(32)43-26(15)37)31-20(33)10-14-2-1-7-42-14/h1-9,21,24H,10-11H2,(H,31,33)(H,35,36)/t21?,24-/m0/s1. The summed E-state index contributed by atoms with van der Waals surface area (Å²) in [5, 5.41) is 13.2. The van der Waals surface area contributed by atoms with Gasteiger partial charge >= 0.3 is 12.1 Å². The second-order valence-corrected chi connectivity index (χ2v) is 12.2. The number of hydrogen-bond donors (Lipinski definition) is 2. The molecule has 2 aliphatic heterocycles. The van der Waals surface area contributed by atoms with Crippen molar-refractivity contribution in [1.82, 2.24) is 10.2 Å². The van der Waals surface area contributed by atoms with Crippen LogP contribution >= 0.6 is 57.9 Å². The highest BCUT2D eigenvalue weighted by Crippen LogP contribution is 2.42. The number of thioether (sulfide) groups is 1. The van der Waals surface area contributed by atoms with Gasteiger partial charge < -0.3 is 24.6 Å². The second kappa shape index (κ2) is 12.9. The van der Waals surface area contributed by atoms with Crippen LogP contribution in [0.15, 0.2) is 65.2 Å². The number of aliphatic carboxylic acids is 1. The second-order valence-electron chi connectivity index (χ2n) is 8.85. The van der Waals surface area contributed by atoms with E-state index in [9.17, 15) is 29.1 Å². The molecule has 2 N–H and O–H groups in total. The van der Waals surface area contributed by atoms with Gasteiger partial charge in [-0.25, -0.2) is 9.59 Å². The van der Waals surface area contributed by atoms with Gasteiger partial charge in [0.1, 0.15) is 29.5 Å². The molecule has 5 rings (SSSR count). The number of rotatable bonds is 9. The number of carbonyl (C=O) groups excluding carboxylic acids is 4. The molecule has 1 saturated heterocycles. The topological polar surface area (TPSA) is 149 Å². The number of halogens is 3. The van der Waals surface area contributed by atoms with Gasteiger partial charge in [0.2, 0.25) is 11.0 Å². The van der Waals surface area contributed by atoms with E-state index in [1.165, 1.54) is 47.7 Å². The van der Waals surface area contributed by atoms with E-state index in [0.717, 1.165) is 9.78 Å². The van der Waals surface area contributed by atoms with E-state index in [1.807, 2.05) is 0 Å². The van der Waals surface area contributed by atoms with Gasteiger partial charge in [-0.15, -0.1) is 11.3 Å². The molecule has 0 radical (unpaired) electrons. The Kier molecular flexibility index (Phi) is 9.18. The molecular weight excluding hydrogens is 667 g/mol. The number of nitrogens with zero attached hydrogens (tertiary/aromatic N) is 1. The number of β-lactam (4-membered cyclic amide) rings is 1. The minimum Gasteiger partial charge on any atom is -0.477 e. The van der Waals surface area contributed by atoms with Crippen LogP contribution in [0.1, 0.15) is 4.88 Å². The molecule has 2 atom stereocenters. The number of carboxylic acids is 1. The third kappa shape index (κ3) is 6.76. The highest BCUT2D eigenvalue weighted by atomic mass is 35.5. The van der Waals surface area contributed by atoms with E-state index in [1.54, 1.807) is 17.5 Å². The number of ether oxygens (including phenoxy) is 3. The van der Waals surface area contributed by atoms with Crippen LogP contribution in [-0.2, 0) is 30.3 Å². The molecule has 0 saturated carbocycles. The maximum Gasteiger partial charge on any atom is 0.514 e. The lowest BCUT2D eigenvalue weighted by Gasteiger charge is -2.48. The summed E-state index contributed by atoms with van der Waals surface area (Å²) in [5.74, 6) is -2.70. The average Bonchev–Trinajstić information content (AvgIpc) is 3.46. The first-order valence-corrected chi connectivity index (χ1v) is 15.0. The monoisotopic (exact) mass is 682 g/mol. The fourth-order valence-electron chi connectivity index (χ4n) is 4.11. The summed E-state index contributed by atoms with van der Waals surface area (Å²) >= 11 is 20.1. The third-order valence-electron chi connectivity index (χ3n) is 6.03. The lowest BCUT2D eigenvalue weighted by atomic mass is 10.0. The van der Waals surface area contributed by atoms with Gasteiger partial charge in [-0.1, -0.05) is 52.6 Å². The highest BCUT2D eigenvalue weighted by molar-refractivity contribution is 8.14. The van der Waals surface area contributed by atoms with Gasteiger partial charge in [0.15, 0.2) is 11.5 Å². The van der Waals surface area contributed by atoms with Crippen LogP contribution in [0.2, 0.25) is 15.1 Å². The quantitative estimate of drug-likeness (QED) is 0.168. The third-order valence-corrected chi connectivity index (χ3v) is 8.85. The minimum atomic E-state index is -1.59. The molecule has 3 heterocycles. The predicted octanol–water partition coefficient (Wildman–Crippen LogP) is 5.52. The normalized spacial score (nSPS) is 17.6. The van der Waals surface area contributed by atoms with Crippen molar-refractivity contribution in [3.63, 3.8) is 0 Å². The fraction of sp³-hybridized carbons (Fsp3) is 0.148. The molecule has 0 aliphatic carbocycles. The first-order chi connectivity index (χ1) is 20.5. The molecule has 222 valence electrons. The molecule has 43 heavy (non-hydrogen) atoms. The summed E-state index contributed by atoms with van der Waals surface area (Å²) in [4.78, 5) is 64.5. The number of hydrogen-bond acceptors (Lipinski definition) is 10. The van der Waals surface area contributed by atoms with E-state index in [4.69, 9.17) is 49.0 Å². The van der Waals surface area contributed by atoms with Crippen molar-refractivity contribution in [3.8, 4) is 17.2 Å². The molecule has 0 spiro atoms. The number of nitrogens with one attached hydrogen (secondary N) is 1. The van der Waals surface area contributed by atoms with E-state index < -0.39 is 58.3 Å². The zero-order valence-corrected chi connectivity index (χ0v) is 25.3. The van der Waals surface area contributed by atoms with Gasteiger partial charge in [-0.2, -0.15) is 0 Å². The zero-order valence-electron chi connectivity index (χ0n) is 21.4. The summed E-state index contributed by atoms with van der Waals surface area (Å²) < 4.78 is 16.0. The Balaban J connectivity index is 1.27. The van der Waals surface area contributed by atoms with E-state index >= 15 is 0 Å². The molecule has 1 fully saturated rings. The Hall–Kier alpha value is -3.75. The zero-order chi connectivity index (χ0) is 30.8. The maximum absolute atomic E-state index is 12.9. The van der Waals surface area contributed by atoms with Gasteiger partial charge in [0, 0.05) is 21.0 Å². The van der Waals surface area contributed by atoms with Crippen molar-refractivity contribution < 1.29 is 43.3 Å². The van der Waals surface area contributed by atoms with Crippen LogP contribution in [0.4, 0.5) is 4.79 Å². The fourth-order valence-corrected chi connectivity index (χ4v) is 6.57. The van der Waals surface area contributed by atoms with Crippen molar-refractivity contribution >= 4 is 87.0 Å². The number of thiophene rings is 1. The smallest absolute Gasteiger partial charge is 0.477 e. The van der Waals surface area contributed by atoms with Crippen molar-refractivity contribution in [2.45, 2.75) is 17.8 Å². The lowest BCUT2D eigenvalue weighted by Crippen LogP contribution is -2.71. The summed E-state index contributed by atoms with van der Waals surface area (Å²) in [6, 6.07) is 11.1. The molecule has 11 nitrogen and oxygen atoms in total. The van der Waals surface area contributed by atoms with Crippen LogP contribution in [0.3, 0.4) is 0 Å². The number of carbonyl (C=O) groups is 5. The molecular formula is C27H17Cl3N2O9S2. The maximum atomic E-state index is 12.9. The summed E-state index contributed by atoms with van der Waals surface area (Å²) in [5.41, 5.74) is -1.10. The molecule has 3 aromatic rings. The average molecular weight is 684 g/mol. The van der Waals surface area contributed by atoms with Crippen molar-refractivity contribution in [2.75, 3.05) is 6.61 Å². The first-order valence-electron chi connectivity index (χ1n) is 12.1. The Bertz CT molecular complexity index is 1680. The summed E-state index contributed by atoms with van der Waals surface area (Å²) in [7, 11) is 0. The number of fused-ring (bicyclic) bond motifs is 1. The first kappa shape index (κ1) is 30.7. The van der Waals surface area contributed by atoms with Gasteiger partial charge in [0.05, 0.1) is 17.0 Å². The van der Waals surface area contributed by atoms with E-state index in [-0.39, 0.29) is 33.7 Å². The van der Waals surface area contributed by atoms with Gasteiger partial charge in [-0.3, -0.25) is 19.3 Å². The molecule has 0 bridgehead atoms. The van der Waals surface area contributed by atoms with E-state index in [0.29, 0.717) is 16.8 Å². The Morgan fingerprint density at radius 2 is 1.70 bits per heavy atom. The SMILES string of the molecule is O=C(Cc1cccs1)NC1C(=O)N2C(C(=O)O)=C(COC(=O)Oc3cc(Cl)ccc3Oc3ccc(Cl)cc3Cl)C(=O)S[C@@H]12. The molecule has 1 unspecified atom stereocenters. The van der Waals surface area contributed by atoms with E-state index in [2.05, 4.69) is 5.32 Å². The summed E-state index contributed by atoms with van der Waals surface area (Å²) in [6.07, 6.45) is -1.29. The minimum absolute atomic E-state index is 0.0292. The lowest BCUT2D eigenvalue weighted by molar-refractivity contribution is -0.151. The predicted molar refractivity (Wildman–Crippen MR) is 158 cm³/mol. The summed E-state index contributed by atoms with van der Waals surface area (Å²) in [6.45, 7) is -0.821. The van der Waals surface area contributed by atoms with Crippen LogP contribution < -0.4 is 14.8 Å². The van der Waals surface area contributed by atoms with Crippen LogP contribution in [-0.4, -0.2) is 57.1 Å². The molecule has 2 aromatic carbocycles.